The molecule has 0 aromatic heterocycles. The van der Waals surface area contributed by atoms with E-state index in [9.17, 15) is 4.79 Å². The molecule has 0 amide bonds. The fourth-order valence-electron chi connectivity index (χ4n) is 1.54. The quantitative estimate of drug-likeness (QED) is 0.640. The molecule has 0 fully saturated rings. The number of ether oxygens (including phenoxy) is 1. The van der Waals surface area contributed by atoms with Crippen molar-refractivity contribution in [2.24, 2.45) is 0 Å². The molecule has 0 saturated heterocycles. The molecule has 1 atom stereocenters. The van der Waals surface area contributed by atoms with Crippen molar-refractivity contribution in [1.82, 2.24) is 10.6 Å². The molecule has 5 heteroatoms. The largest absolute Gasteiger partial charge is 0.494 e. The van der Waals surface area contributed by atoms with Crippen LogP contribution in [0.2, 0.25) is 0 Å². The van der Waals surface area contributed by atoms with Crippen molar-refractivity contribution in [2.75, 3.05) is 20.2 Å². The Labute approximate surface area is 107 Å². The summed E-state index contributed by atoms with van der Waals surface area (Å²) in [7, 11) is 1.64. The van der Waals surface area contributed by atoms with E-state index >= 15 is 0 Å². The molecule has 3 N–H and O–H groups in total. The van der Waals surface area contributed by atoms with Gasteiger partial charge in [-0.2, -0.15) is 0 Å². The average Bonchev–Trinajstić information content (AvgIpc) is 2.36. The lowest BCUT2D eigenvalue weighted by Gasteiger charge is -2.12. The van der Waals surface area contributed by atoms with Gasteiger partial charge in [-0.1, -0.05) is 12.1 Å². The Hall–Kier alpha value is -1.59. The van der Waals surface area contributed by atoms with E-state index in [4.69, 9.17) is 9.84 Å². The first kappa shape index (κ1) is 14.5. The first-order chi connectivity index (χ1) is 8.67. The van der Waals surface area contributed by atoms with Crippen LogP contribution in [0.5, 0.6) is 5.75 Å². The molecule has 0 heterocycles. The van der Waals surface area contributed by atoms with Gasteiger partial charge >= 0.3 is 5.97 Å². The summed E-state index contributed by atoms with van der Waals surface area (Å²) in [6, 6.07) is 7.19. The maximum atomic E-state index is 10.8. The number of benzene rings is 1. The summed E-state index contributed by atoms with van der Waals surface area (Å²) in [5.74, 6) is -0.00317. The van der Waals surface area contributed by atoms with Crippen LogP contribution in [0.15, 0.2) is 24.3 Å². The Morgan fingerprint density at radius 2 is 2.06 bits per heavy atom. The molecule has 5 nitrogen and oxygen atoms in total. The van der Waals surface area contributed by atoms with Crippen molar-refractivity contribution in [1.29, 1.82) is 0 Å². The van der Waals surface area contributed by atoms with E-state index in [0.717, 1.165) is 11.3 Å². The maximum Gasteiger partial charge on any atom is 0.322 e. The number of hydrogen-bond acceptors (Lipinski definition) is 4. The lowest BCUT2D eigenvalue weighted by molar-refractivity contribution is -0.139. The van der Waals surface area contributed by atoms with Gasteiger partial charge in [0.05, 0.1) is 6.61 Å². The van der Waals surface area contributed by atoms with Gasteiger partial charge in [0, 0.05) is 13.1 Å². The monoisotopic (exact) mass is 252 g/mol. The molecule has 0 aliphatic rings. The molecule has 0 bridgehead atoms. The third-order valence-corrected chi connectivity index (χ3v) is 2.56. The van der Waals surface area contributed by atoms with E-state index in [-0.39, 0.29) is 0 Å². The molecule has 0 radical (unpaired) electrons. The second-order valence-corrected chi connectivity index (χ2v) is 3.89. The number of likely N-dealkylation sites (N-methyl/N-ethyl adjacent to an activating group) is 1. The van der Waals surface area contributed by atoms with Crippen molar-refractivity contribution in [2.45, 2.75) is 19.5 Å². The van der Waals surface area contributed by atoms with Gasteiger partial charge in [-0.05, 0) is 31.7 Å². The van der Waals surface area contributed by atoms with E-state index in [0.29, 0.717) is 19.7 Å². The third kappa shape index (κ3) is 4.73. The van der Waals surface area contributed by atoms with Gasteiger partial charge in [0.1, 0.15) is 11.8 Å². The molecule has 0 spiro atoms. The van der Waals surface area contributed by atoms with Crippen molar-refractivity contribution in [3.8, 4) is 5.75 Å². The van der Waals surface area contributed by atoms with Crippen LogP contribution in [0.1, 0.15) is 12.5 Å². The fraction of sp³-hybridized carbons (Fsp3) is 0.462. The lowest BCUT2D eigenvalue weighted by Crippen LogP contribution is -2.42. The van der Waals surface area contributed by atoms with E-state index < -0.39 is 12.0 Å². The fourth-order valence-corrected chi connectivity index (χ4v) is 1.54. The maximum absolute atomic E-state index is 10.8. The highest BCUT2D eigenvalue weighted by molar-refractivity contribution is 5.73. The zero-order chi connectivity index (χ0) is 13.4. The van der Waals surface area contributed by atoms with Gasteiger partial charge in [-0.15, -0.1) is 0 Å². The number of hydrogen-bond donors (Lipinski definition) is 3. The summed E-state index contributed by atoms with van der Waals surface area (Å²) in [6.07, 6.45) is 0. The molecule has 0 saturated carbocycles. The molecule has 18 heavy (non-hydrogen) atoms. The summed E-state index contributed by atoms with van der Waals surface area (Å²) in [5, 5.41) is 14.7. The molecule has 100 valence electrons. The van der Waals surface area contributed by atoms with Gasteiger partial charge in [0.2, 0.25) is 0 Å². The first-order valence-electron chi connectivity index (χ1n) is 6.00. The van der Waals surface area contributed by atoms with Crippen molar-refractivity contribution in [3.63, 3.8) is 0 Å². The Bertz CT molecular complexity index is 365. The predicted octanol–water partition coefficient (Wildman–Crippen LogP) is 0.847. The lowest BCUT2D eigenvalue weighted by atomic mass is 10.2. The number of nitrogens with one attached hydrogen (secondary N) is 2. The van der Waals surface area contributed by atoms with E-state index in [1.54, 1.807) is 7.05 Å². The smallest absolute Gasteiger partial charge is 0.322 e. The summed E-state index contributed by atoms with van der Waals surface area (Å²) in [4.78, 5) is 10.8. The van der Waals surface area contributed by atoms with Crippen molar-refractivity contribution in [3.05, 3.63) is 29.8 Å². The number of aliphatic carboxylic acids is 1. The third-order valence-electron chi connectivity index (χ3n) is 2.56. The first-order valence-corrected chi connectivity index (χ1v) is 6.00. The van der Waals surface area contributed by atoms with E-state index in [1.165, 1.54) is 0 Å². The van der Waals surface area contributed by atoms with Crippen LogP contribution >= 0.6 is 0 Å². The highest BCUT2D eigenvalue weighted by Crippen LogP contribution is 2.11. The zero-order valence-corrected chi connectivity index (χ0v) is 10.8. The van der Waals surface area contributed by atoms with Crippen LogP contribution < -0.4 is 15.4 Å². The second-order valence-electron chi connectivity index (χ2n) is 3.89. The number of carboxylic acids is 1. The summed E-state index contributed by atoms with van der Waals surface area (Å²) in [6.45, 7) is 3.62. The summed E-state index contributed by atoms with van der Waals surface area (Å²) in [5.41, 5.74) is 1.10. The predicted molar refractivity (Wildman–Crippen MR) is 69.8 cm³/mol. The molecule has 1 aromatic rings. The van der Waals surface area contributed by atoms with Gasteiger partial charge < -0.3 is 20.5 Å². The topological polar surface area (TPSA) is 70.6 Å². The van der Waals surface area contributed by atoms with Crippen molar-refractivity contribution < 1.29 is 14.6 Å². The molecule has 1 aromatic carbocycles. The minimum absolute atomic E-state index is 0.388. The van der Waals surface area contributed by atoms with Crippen LogP contribution in [0.25, 0.3) is 0 Å². The number of carbonyl (C=O) groups is 1. The van der Waals surface area contributed by atoms with Crippen molar-refractivity contribution >= 4 is 5.97 Å². The van der Waals surface area contributed by atoms with Gasteiger partial charge in [-0.3, -0.25) is 4.79 Å². The van der Waals surface area contributed by atoms with Gasteiger partial charge in [-0.25, -0.2) is 0 Å². The number of carboxylic acid groups (broad SMARTS) is 1. The minimum Gasteiger partial charge on any atom is -0.494 e. The zero-order valence-electron chi connectivity index (χ0n) is 10.8. The van der Waals surface area contributed by atoms with Crippen LogP contribution in [-0.2, 0) is 11.3 Å². The molecule has 1 unspecified atom stereocenters. The Kier molecular flexibility index (Phi) is 6.18. The standard InChI is InChI=1S/C13H20N2O3/c1-3-18-11-6-4-10(5-7-11)8-15-9-12(14-2)13(16)17/h4-7,12,14-15H,3,8-9H2,1-2H3,(H,16,17). The van der Waals surface area contributed by atoms with E-state index in [1.807, 2.05) is 31.2 Å². The average molecular weight is 252 g/mol. The Balaban J connectivity index is 2.37. The van der Waals surface area contributed by atoms with Crippen LogP contribution in [-0.4, -0.2) is 37.3 Å². The molecule has 0 aliphatic carbocycles. The molecule has 0 aliphatic heterocycles. The molecule has 1 rings (SSSR count). The highest BCUT2D eigenvalue weighted by Gasteiger charge is 2.13. The van der Waals surface area contributed by atoms with Crippen LogP contribution in [0.4, 0.5) is 0 Å². The normalized spacial score (nSPS) is 12.1. The molecular formula is C13H20N2O3. The Morgan fingerprint density at radius 3 is 2.56 bits per heavy atom. The SMILES string of the molecule is CCOc1ccc(CNCC(NC)C(=O)O)cc1. The van der Waals surface area contributed by atoms with Crippen LogP contribution in [0, 0.1) is 0 Å². The van der Waals surface area contributed by atoms with Gasteiger partial charge in [0.25, 0.3) is 0 Å². The number of rotatable bonds is 8. The second kappa shape index (κ2) is 7.68. The summed E-state index contributed by atoms with van der Waals surface area (Å²) < 4.78 is 5.34. The highest BCUT2D eigenvalue weighted by atomic mass is 16.5. The van der Waals surface area contributed by atoms with E-state index in [2.05, 4.69) is 10.6 Å². The summed E-state index contributed by atoms with van der Waals surface area (Å²) >= 11 is 0. The molecular weight excluding hydrogens is 232 g/mol. The van der Waals surface area contributed by atoms with Gasteiger partial charge in [0.15, 0.2) is 0 Å². The minimum atomic E-state index is -0.850. The Morgan fingerprint density at radius 1 is 1.39 bits per heavy atom. The van der Waals surface area contributed by atoms with Crippen LogP contribution in [0.3, 0.4) is 0 Å².